The summed E-state index contributed by atoms with van der Waals surface area (Å²) >= 11 is 0. The lowest BCUT2D eigenvalue weighted by molar-refractivity contribution is -0.250. The minimum Gasteiger partial charge on any atom is -0.507 e. The van der Waals surface area contributed by atoms with Gasteiger partial charge in [0.05, 0.1) is 48.8 Å². The van der Waals surface area contributed by atoms with Gasteiger partial charge in [-0.05, 0) is 13.0 Å². The summed E-state index contributed by atoms with van der Waals surface area (Å²) in [5, 5.41) is 66.2. The number of aromatic hydroxyl groups is 2. The third-order valence-corrected chi connectivity index (χ3v) is 8.11. The molecule has 3 aliphatic rings. The minimum atomic E-state index is -2.27. The van der Waals surface area contributed by atoms with Gasteiger partial charge in [0.15, 0.2) is 17.9 Å². The van der Waals surface area contributed by atoms with E-state index in [1.807, 2.05) is 0 Å². The number of phenols is 2. The molecule has 0 aromatic heterocycles. The maximum atomic E-state index is 13.7. The van der Waals surface area contributed by atoms with Gasteiger partial charge >= 0.3 is 0 Å². The van der Waals surface area contributed by atoms with Crippen molar-refractivity contribution in [3.63, 3.8) is 0 Å². The molecule has 0 saturated carbocycles. The summed E-state index contributed by atoms with van der Waals surface area (Å²) < 4.78 is 17.1. The molecule has 0 unspecified atom stereocenters. The second-order valence-corrected chi connectivity index (χ2v) is 10.5. The minimum absolute atomic E-state index is 0.00392. The van der Waals surface area contributed by atoms with Crippen LogP contribution < -0.4 is 10.1 Å². The lowest BCUT2D eigenvalue weighted by Crippen LogP contribution is -2.54. The van der Waals surface area contributed by atoms with Crippen LogP contribution in [0.5, 0.6) is 17.2 Å². The molecule has 0 amide bonds. The fraction of sp³-hybridized carbons (Fsp3) is 0.464. The molecule has 7 N–H and O–H groups in total. The number of carbonyl (C=O) groups excluding carboxylic acids is 3. The van der Waals surface area contributed by atoms with Crippen LogP contribution in [0.4, 0.5) is 0 Å². The second-order valence-electron chi connectivity index (χ2n) is 10.5. The van der Waals surface area contributed by atoms with Gasteiger partial charge in [0, 0.05) is 42.0 Å². The summed E-state index contributed by atoms with van der Waals surface area (Å²) in [5.74, 6) is -3.86. The molecule has 2 aliphatic carbocycles. The molecule has 13 heteroatoms. The van der Waals surface area contributed by atoms with Crippen LogP contribution in [0, 0.1) is 0 Å². The lowest BCUT2D eigenvalue weighted by Gasteiger charge is -2.42. The monoisotopic (exact) mass is 573 g/mol. The van der Waals surface area contributed by atoms with E-state index < -0.39 is 102 Å². The Bertz CT molecular complexity index is 1420. The zero-order valence-electron chi connectivity index (χ0n) is 22.3. The van der Waals surface area contributed by atoms with Crippen LogP contribution in [0.25, 0.3) is 0 Å². The highest BCUT2D eigenvalue weighted by Gasteiger charge is 2.50. The first kappa shape index (κ1) is 29.1. The molecule has 41 heavy (non-hydrogen) atoms. The Morgan fingerprint density at radius 3 is 2.49 bits per heavy atom. The fourth-order valence-electron chi connectivity index (χ4n) is 6.04. The van der Waals surface area contributed by atoms with Gasteiger partial charge in [-0.15, -0.1) is 0 Å². The number of aliphatic hydroxyl groups is 4. The van der Waals surface area contributed by atoms with Crippen LogP contribution in [0.1, 0.15) is 68.8 Å². The maximum Gasteiger partial charge on any atom is 0.202 e. The molecule has 1 fully saturated rings. The van der Waals surface area contributed by atoms with Crippen molar-refractivity contribution in [2.24, 2.45) is 0 Å². The van der Waals surface area contributed by atoms with E-state index in [9.17, 15) is 45.0 Å². The fourth-order valence-corrected chi connectivity index (χ4v) is 6.04. The van der Waals surface area contributed by atoms with E-state index in [4.69, 9.17) is 14.2 Å². The summed E-state index contributed by atoms with van der Waals surface area (Å²) in [6.07, 6.45) is -5.33. The van der Waals surface area contributed by atoms with Crippen molar-refractivity contribution in [3.8, 4) is 17.2 Å². The number of rotatable bonds is 7. The molecule has 0 bridgehead atoms. The number of phenolic OH excluding ortho intramolecular Hbond substituents is 2. The predicted octanol–water partition coefficient (Wildman–Crippen LogP) is -0.418. The summed E-state index contributed by atoms with van der Waals surface area (Å²) in [4.78, 5) is 39.9. The molecule has 1 saturated heterocycles. The summed E-state index contributed by atoms with van der Waals surface area (Å²) in [6, 6.07) is 3.68. The smallest absolute Gasteiger partial charge is 0.202 e. The molecule has 2 aromatic carbocycles. The van der Waals surface area contributed by atoms with E-state index in [1.54, 1.807) is 6.92 Å². The Morgan fingerprint density at radius 1 is 1.12 bits per heavy atom. The lowest BCUT2D eigenvalue weighted by atomic mass is 9.72. The Morgan fingerprint density at radius 2 is 1.83 bits per heavy atom. The van der Waals surface area contributed by atoms with Crippen molar-refractivity contribution < 1.29 is 59.2 Å². The molecule has 6 atom stereocenters. The SMILES string of the molecule is COc1cccc2c1C(=O)c1c(O)c3c(c(O)c1C2=O)C[C@@](O)(C(=O)CO)C[C@@H]3O[C@H]1C[C@H](NCO)[C@H](O)[C@H](C)O1. The van der Waals surface area contributed by atoms with Crippen LogP contribution in [-0.2, 0) is 20.7 Å². The highest BCUT2D eigenvalue weighted by atomic mass is 16.7. The first-order chi connectivity index (χ1) is 19.5. The first-order valence-corrected chi connectivity index (χ1v) is 13.0. The number of hydrogen-bond donors (Lipinski definition) is 7. The molecule has 5 rings (SSSR count). The third kappa shape index (κ3) is 4.59. The van der Waals surface area contributed by atoms with Crippen LogP contribution >= 0.6 is 0 Å². The Labute approximate surface area is 233 Å². The number of nitrogens with one attached hydrogen (secondary N) is 1. The maximum absolute atomic E-state index is 13.7. The molecule has 220 valence electrons. The topological polar surface area (TPSA) is 212 Å². The summed E-state index contributed by atoms with van der Waals surface area (Å²) in [7, 11) is 1.32. The van der Waals surface area contributed by atoms with E-state index >= 15 is 0 Å². The van der Waals surface area contributed by atoms with E-state index in [1.165, 1.54) is 25.3 Å². The number of fused-ring (bicyclic) bond motifs is 3. The molecule has 2 aromatic rings. The Kier molecular flexibility index (Phi) is 7.63. The van der Waals surface area contributed by atoms with Crippen LogP contribution in [-0.4, -0.2) is 98.6 Å². The van der Waals surface area contributed by atoms with Gasteiger partial charge in [0.25, 0.3) is 0 Å². The van der Waals surface area contributed by atoms with Crippen LogP contribution in [0.3, 0.4) is 0 Å². The normalized spacial score (nSPS) is 29.0. The van der Waals surface area contributed by atoms with Gasteiger partial charge in [-0.3, -0.25) is 19.7 Å². The molecular formula is C28H31NO12. The number of Topliss-reactive ketones (excluding diaryl/α,β-unsaturated/α-hetero) is 1. The van der Waals surface area contributed by atoms with E-state index in [0.717, 1.165) is 0 Å². The number of methoxy groups -OCH3 is 1. The predicted molar refractivity (Wildman–Crippen MR) is 138 cm³/mol. The number of benzene rings is 2. The van der Waals surface area contributed by atoms with Crippen molar-refractivity contribution in [1.29, 1.82) is 0 Å². The zero-order valence-corrected chi connectivity index (χ0v) is 22.3. The molecule has 0 radical (unpaired) electrons. The summed E-state index contributed by atoms with van der Waals surface area (Å²) in [5.41, 5.74) is -3.75. The third-order valence-electron chi connectivity index (χ3n) is 8.11. The largest absolute Gasteiger partial charge is 0.507 e. The average Bonchev–Trinajstić information content (AvgIpc) is 2.95. The van der Waals surface area contributed by atoms with Gasteiger partial charge in [-0.25, -0.2) is 0 Å². The quantitative estimate of drug-likeness (QED) is 0.142. The second kappa shape index (κ2) is 10.8. The van der Waals surface area contributed by atoms with E-state index in [-0.39, 0.29) is 34.4 Å². The molecule has 13 nitrogen and oxygen atoms in total. The van der Waals surface area contributed by atoms with Gasteiger partial charge in [0.2, 0.25) is 5.78 Å². The molecular weight excluding hydrogens is 542 g/mol. The van der Waals surface area contributed by atoms with Crippen molar-refractivity contribution in [2.75, 3.05) is 20.4 Å². The molecule has 1 aliphatic heterocycles. The van der Waals surface area contributed by atoms with Crippen LogP contribution in [0.15, 0.2) is 18.2 Å². The van der Waals surface area contributed by atoms with Crippen molar-refractivity contribution >= 4 is 17.3 Å². The highest BCUT2D eigenvalue weighted by molar-refractivity contribution is 6.31. The number of ketones is 3. The van der Waals surface area contributed by atoms with Gasteiger partial charge in [0.1, 0.15) is 29.5 Å². The standard InChI is InChI=1S/C28H31NO12/c1-11-23(33)14(29-10-31)6-18(40-11)41-16-8-28(38,17(32)9-30)7-13-20(16)27(37)22-21(25(13)35)24(34)12-4-3-5-15(39-2)19(12)26(22)36/h3-5,11,14,16,18,23,29-31,33,35,37-38H,6-10H2,1-2H3/t11-,14-,16-,18-,23+,28-/m0/s1. The van der Waals surface area contributed by atoms with Crippen molar-refractivity contribution in [2.45, 2.75) is 62.4 Å². The highest BCUT2D eigenvalue weighted by Crippen LogP contribution is 2.52. The number of hydrogen-bond acceptors (Lipinski definition) is 13. The van der Waals surface area contributed by atoms with Crippen molar-refractivity contribution in [3.05, 3.63) is 51.6 Å². The average molecular weight is 574 g/mol. The summed E-state index contributed by atoms with van der Waals surface area (Å²) in [6.45, 7) is 0.0913. The van der Waals surface area contributed by atoms with Crippen molar-refractivity contribution in [1.82, 2.24) is 5.32 Å². The van der Waals surface area contributed by atoms with Gasteiger partial charge in [-0.1, -0.05) is 12.1 Å². The van der Waals surface area contributed by atoms with E-state index in [2.05, 4.69) is 5.32 Å². The number of ether oxygens (including phenoxy) is 3. The molecule has 0 spiro atoms. The zero-order chi connectivity index (χ0) is 29.8. The Hall–Kier alpha value is -3.43. The number of carbonyl (C=O) groups is 3. The van der Waals surface area contributed by atoms with E-state index in [0.29, 0.717) is 0 Å². The molecule has 1 heterocycles. The first-order valence-electron chi connectivity index (χ1n) is 13.0. The van der Waals surface area contributed by atoms with Gasteiger partial charge < -0.3 is 44.8 Å². The van der Waals surface area contributed by atoms with Gasteiger partial charge in [-0.2, -0.15) is 0 Å². The number of aliphatic hydroxyl groups excluding tert-OH is 3. The van der Waals surface area contributed by atoms with Crippen LogP contribution in [0.2, 0.25) is 0 Å². The Balaban J connectivity index is 1.66.